The normalized spacial score (nSPS) is 22.3. The lowest BCUT2D eigenvalue weighted by Gasteiger charge is -2.38. The van der Waals surface area contributed by atoms with E-state index in [0.717, 1.165) is 44.6 Å². The Labute approximate surface area is 109 Å². The van der Waals surface area contributed by atoms with Crippen LogP contribution >= 0.6 is 0 Å². The van der Waals surface area contributed by atoms with E-state index in [1.165, 1.54) is 11.3 Å². The molecule has 2 heterocycles. The van der Waals surface area contributed by atoms with Gasteiger partial charge in [0.1, 0.15) is 11.4 Å². The van der Waals surface area contributed by atoms with Gasteiger partial charge < -0.3 is 15.0 Å². The summed E-state index contributed by atoms with van der Waals surface area (Å²) in [5, 5.41) is 3.45. The highest BCUT2D eigenvalue weighted by Gasteiger charge is 2.32. The standard InChI is InChI=1S/C15H22N2O/c1-15(7-10-17(2)11-8-15)18-13-5-3-4-12-6-9-16-14(12)13/h3-5,16H,6-11H2,1-2H3. The first-order chi connectivity index (χ1) is 8.66. The number of rotatable bonds is 2. The number of benzene rings is 1. The van der Waals surface area contributed by atoms with Crippen molar-refractivity contribution in [2.24, 2.45) is 0 Å². The number of para-hydroxylation sites is 1. The first-order valence-corrected chi connectivity index (χ1v) is 6.90. The van der Waals surface area contributed by atoms with Gasteiger partial charge in [-0.3, -0.25) is 0 Å². The van der Waals surface area contributed by atoms with Crippen molar-refractivity contribution >= 4 is 5.69 Å². The molecule has 0 bridgehead atoms. The molecule has 0 amide bonds. The Hall–Kier alpha value is -1.22. The lowest BCUT2D eigenvalue weighted by atomic mass is 9.93. The summed E-state index contributed by atoms with van der Waals surface area (Å²) in [6, 6.07) is 6.40. The highest BCUT2D eigenvalue weighted by molar-refractivity contribution is 5.65. The van der Waals surface area contributed by atoms with E-state index in [9.17, 15) is 0 Å². The van der Waals surface area contributed by atoms with Gasteiger partial charge >= 0.3 is 0 Å². The van der Waals surface area contributed by atoms with Crippen molar-refractivity contribution in [3.05, 3.63) is 23.8 Å². The van der Waals surface area contributed by atoms with Gasteiger partial charge in [-0.15, -0.1) is 0 Å². The molecular formula is C15H22N2O. The van der Waals surface area contributed by atoms with Gasteiger partial charge in [0.15, 0.2) is 0 Å². The summed E-state index contributed by atoms with van der Waals surface area (Å²) in [5.41, 5.74) is 2.60. The van der Waals surface area contributed by atoms with E-state index in [2.05, 4.69) is 42.4 Å². The van der Waals surface area contributed by atoms with Crippen LogP contribution in [-0.4, -0.2) is 37.2 Å². The number of likely N-dealkylation sites (tertiary alicyclic amines) is 1. The summed E-state index contributed by atoms with van der Waals surface area (Å²) >= 11 is 0. The molecule has 3 rings (SSSR count). The maximum Gasteiger partial charge on any atom is 0.143 e. The number of ether oxygens (including phenoxy) is 1. The Bertz CT molecular complexity index is 436. The van der Waals surface area contributed by atoms with Crippen LogP contribution in [0.3, 0.4) is 0 Å². The number of nitrogens with zero attached hydrogens (tertiary/aromatic N) is 1. The SMILES string of the molecule is CN1CCC(C)(Oc2cccc3c2NCC3)CC1. The summed E-state index contributed by atoms with van der Waals surface area (Å²) in [6.07, 6.45) is 3.33. The number of anilines is 1. The van der Waals surface area contributed by atoms with Crippen LogP contribution in [0.2, 0.25) is 0 Å². The Morgan fingerprint density at radius 1 is 1.28 bits per heavy atom. The molecule has 0 saturated carbocycles. The topological polar surface area (TPSA) is 24.5 Å². The predicted octanol–water partition coefficient (Wildman–Crippen LogP) is 2.52. The molecule has 2 aliphatic heterocycles. The largest absolute Gasteiger partial charge is 0.485 e. The van der Waals surface area contributed by atoms with Crippen LogP contribution in [0.5, 0.6) is 5.75 Å². The van der Waals surface area contributed by atoms with Crippen LogP contribution in [0.1, 0.15) is 25.3 Å². The molecule has 1 fully saturated rings. The van der Waals surface area contributed by atoms with Gasteiger partial charge in [0, 0.05) is 19.6 Å². The fourth-order valence-electron chi connectivity index (χ4n) is 2.85. The fourth-order valence-corrected chi connectivity index (χ4v) is 2.85. The Morgan fingerprint density at radius 3 is 2.83 bits per heavy atom. The van der Waals surface area contributed by atoms with Crippen molar-refractivity contribution in [1.82, 2.24) is 4.90 Å². The van der Waals surface area contributed by atoms with E-state index < -0.39 is 0 Å². The average molecular weight is 246 g/mol. The quantitative estimate of drug-likeness (QED) is 0.868. The summed E-state index contributed by atoms with van der Waals surface area (Å²) < 4.78 is 6.34. The Balaban J connectivity index is 1.78. The summed E-state index contributed by atoms with van der Waals surface area (Å²) in [4.78, 5) is 2.37. The van der Waals surface area contributed by atoms with E-state index in [4.69, 9.17) is 4.74 Å². The summed E-state index contributed by atoms with van der Waals surface area (Å²) in [7, 11) is 2.18. The molecule has 2 aliphatic rings. The van der Waals surface area contributed by atoms with Crippen molar-refractivity contribution in [1.29, 1.82) is 0 Å². The molecule has 18 heavy (non-hydrogen) atoms. The maximum atomic E-state index is 6.34. The lowest BCUT2D eigenvalue weighted by Crippen LogP contribution is -2.44. The number of nitrogens with one attached hydrogen (secondary N) is 1. The zero-order valence-corrected chi connectivity index (χ0v) is 11.3. The molecule has 1 saturated heterocycles. The van der Waals surface area contributed by atoms with E-state index in [1.807, 2.05) is 0 Å². The van der Waals surface area contributed by atoms with Crippen molar-refractivity contribution in [2.45, 2.75) is 31.8 Å². The smallest absolute Gasteiger partial charge is 0.143 e. The van der Waals surface area contributed by atoms with Crippen molar-refractivity contribution in [3.63, 3.8) is 0 Å². The predicted molar refractivity (Wildman–Crippen MR) is 74.4 cm³/mol. The molecule has 0 atom stereocenters. The second kappa shape index (κ2) is 4.47. The third kappa shape index (κ3) is 2.19. The molecule has 98 valence electrons. The van der Waals surface area contributed by atoms with E-state index in [0.29, 0.717) is 0 Å². The summed E-state index contributed by atoms with van der Waals surface area (Å²) in [6.45, 7) is 5.53. The Morgan fingerprint density at radius 2 is 2.06 bits per heavy atom. The molecule has 0 aliphatic carbocycles. The van der Waals surface area contributed by atoms with Gasteiger partial charge in [-0.2, -0.15) is 0 Å². The molecule has 0 spiro atoms. The molecule has 0 radical (unpaired) electrons. The zero-order valence-electron chi connectivity index (χ0n) is 11.3. The highest BCUT2D eigenvalue weighted by atomic mass is 16.5. The van der Waals surface area contributed by atoms with Crippen LogP contribution in [-0.2, 0) is 6.42 Å². The molecule has 0 unspecified atom stereocenters. The minimum Gasteiger partial charge on any atom is -0.485 e. The van der Waals surface area contributed by atoms with E-state index >= 15 is 0 Å². The summed E-state index contributed by atoms with van der Waals surface area (Å²) in [5.74, 6) is 1.04. The second-order valence-electron chi connectivity index (χ2n) is 5.82. The highest BCUT2D eigenvalue weighted by Crippen LogP contribution is 2.37. The number of piperidine rings is 1. The molecule has 1 N–H and O–H groups in total. The number of hydrogen-bond donors (Lipinski definition) is 1. The minimum absolute atomic E-state index is 0.00803. The van der Waals surface area contributed by atoms with Crippen molar-refractivity contribution in [3.8, 4) is 5.75 Å². The van der Waals surface area contributed by atoms with E-state index in [-0.39, 0.29) is 5.60 Å². The van der Waals surface area contributed by atoms with Gasteiger partial charge in [-0.1, -0.05) is 12.1 Å². The van der Waals surface area contributed by atoms with Crippen LogP contribution in [0, 0.1) is 0 Å². The molecule has 3 nitrogen and oxygen atoms in total. The van der Waals surface area contributed by atoms with Crippen molar-refractivity contribution in [2.75, 3.05) is 32.0 Å². The van der Waals surface area contributed by atoms with Gasteiger partial charge in [-0.05, 0) is 44.9 Å². The Kier molecular flexibility index (Phi) is 2.94. The number of fused-ring (bicyclic) bond motifs is 1. The third-order valence-electron chi connectivity index (χ3n) is 4.21. The van der Waals surface area contributed by atoms with Gasteiger partial charge in [0.05, 0.1) is 5.69 Å². The second-order valence-corrected chi connectivity index (χ2v) is 5.82. The molecule has 1 aromatic carbocycles. The number of hydrogen-bond acceptors (Lipinski definition) is 3. The molecule has 3 heteroatoms. The monoisotopic (exact) mass is 246 g/mol. The molecular weight excluding hydrogens is 224 g/mol. The zero-order chi connectivity index (χ0) is 12.6. The van der Waals surface area contributed by atoms with Gasteiger partial charge in [-0.25, -0.2) is 0 Å². The first kappa shape index (κ1) is 11.8. The van der Waals surface area contributed by atoms with Crippen LogP contribution < -0.4 is 10.1 Å². The lowest BCUT2D eigenvalue weighted by molar-refractivity contribution is 0.0247. The van der Waals surface area contributed by atoms with Gasteiger partial charge in [0.2, 0.25) is 0 Å². The third-order valence-corrected chi connectivity index (χ3v) is 4.21. The van der Waals surface area contributed by atoms with Gasteiger partial charge in [0.25, 0.3) is 0 Å². The van der Waals surface area contributed by atoms with Crippen molar-refractivity contribution < 1.29 is 4.74 Å². The maximum absolute atomic E-state index is 6.34. The molecule has 1 aromatic rings. The van der Waals surface area contributed by atoms with Crippen LogP contribution in [0.15, 0.2) is 18.2 Å². The average Bonchev–Trinajstić information content (AvgIpc) is 2.83. The van der Waals surface area contributed by atoms with E-state index in [1.54, 1.807) is 0 Å². The van der Waals surface area contributed by atoms with Crippen LogP contribution in [0.4, 0.5) is 5.69 Å². The first-order valence-electron chi connectivity index (χ1n) is 6.90. The fraction of sp³-hybridized carbons (Fsp3) is 0.600. The van der Waals surface area contributed by atoms with Crippen LogP contribution in [0.25, 0.3) is 0 Å². The minimum atomic E-state index is -0.00803. The molecule has 0 aromatic heterocycles.